The van der Waals surface area contributed by atoms with E-state index in [0.717, 1.165) is 15.4 Å². The molecule has 1 aromatic carbocycles. The van der Waals surface area contributed by atoms with Crippen molar-refractivity contribution in [3.8, 4) is 5.75 Å². The number of rotatable bonds is 2. The first-order valence-electron chi connectivity index (χ1n) is 3.69. The highest BCUT2D eigenvalue weighted by atomic mass is 79.9. The summed E-state index contributed by atoms with van der Waals surface area (Å²) in [5.74, 6) is 0.540. The fraction of sp³-hybridized carbons (Fsp3) is 0. The van der Waals surface area contributed by atoms with Crippen molar-refractivity contribution in [2.75, 3.05) is 0 Å². The molecule has 1 N–H and O–H groups in total. The Labute approximate surface area is 82.8 Å². The molecule has 0 aliphatic rings. The van der Waals surface area contributed by atoms with Gasteiger partial charge in [-0.15, -0.1) is 0 Å². The molecule has 0 aliphatic heterocycles. The summed E-state index contributed by atoms with van der Waals surface area (Å²) in [5.41, 5.74) is 0.821. The molecule has 13 heavy (non-hydrogen) atoms. The van der Waals surface area contributed by atoms with Gasteiger partial charge in [0.2, 0.25) is 0 Å². The number of carbonyl (C=O) groups is 1. The van der Waals surface area contributed by atoms with E-state index in [1.807, 2.05) is 12.1 Å². The van der Waals surface area contributed by atoms with Crippen molar-refractivity contribution in [3.63, 3.8) is 0 Å². The molecule has 2 rings (SSSR count). The Kier molecular flexibility index (Phi) is 2.06. The fourth-order valence-corrected chi connectivity index (χ4v) is 1.71. The number of fused-ring (bicyclic) bond motifs is 1. The fourth-order valence-electron chi connectivity index (χ4n) is 1.24. The summed E-state index contributed by atoms with van der Waals surface area (Å²) >= 11 is 3.40. The number of hydrogen-bond donors (Lipinski definition) is 1. The monoisotopic (exact) mass is 239 g/mol. The molecule has 0 radical (unpaired) electrons. The number of benzene rings is 1. The molecule has 1 heterocycles. The SMILES string of the molecule is O=COc1ccc(Br)c2cc[nH]c12. The van der Waals surface area contributed by atoms with Crippen LogP contribution in [0.3, 0.4) is 0 Å². The van der Waals surface area contributed by atoms with E-state index in [1.54, 1.807) is 12.3 Å². The predicted octanol–water partition coefficient (Wildman–Crippen LogP) is 2.47. The van der Waals surface area contributed by atoms with Crippen molar-refractivity contribution in [1.82, 2.24) is 4.98 Å². The maximum absolute atomic E-state index is 10.2. The molecule has 0 bridgehead atoms. The van der Waals surface area contributed by atoms with E-state index >= 15 is 0 Å². The van der Waals surface area contributed by atoms with E-state index < -0.39 is 0 Å². The summed E-state index contributed by atoms with van der Waals surface area (Å²) < 4.78 is 5.77. The molecule has 4 heteroatoms. The highest BCUT2D eigenvalue weighted by Gasteiger charge is 2.05. The Hall–Kier alpha value is -1.29. The highest BCUT2D eigenvalue weighted by Crippen LogP contribution is 2.30. The van der Waals surface area contributed by atoms with Crippen molar-refractivity contribution >= 4 is 33.3 Å². The first-order chi connectivity index (χ1) is 6.33. The van der Waals surface area contributed by atoms with Crippen LogP contribution in [-0.4, -0.2) is 11.5 Å². The lowest BCUT2D eigenvalue weighted by Gasteiger charge is -2.00. The Morgan fingerprint density at radius 2 is 2.23 bits per heavy atom. The lowest BCUT2D eigenvalue weighted by atomic mass is 10.2. The molecule has 3 nitrogen and oxygen atoms in total. The number of aromatic amines is 1. The highest BCUT2D eigenvalue weighted by molar-refractivity contribution is 9.10. The maximum Gasteiger partial charge on any atom is 0.298 e. The van der Waals surface area contributed by atoms with Crippen LogP contribution in [0.4, 0.5) is 0 Å². The van der Waals surface area contributed by atoms with Gasteiger partial charge >= 0.3 is 0 Å². The summed E-state index contributed by atoms with van der Waals surface area (Å²) in [6.45, 7) is 0.420. The third-order valence-corrected chi connectivity index (χ3v) is 2.50. The average molecular weight is 240 g/mol. The molecule has 0 spiro atoms. The lowest BCUT2D eigenvalue weighted by Crippen LogP contribution is -1.89. The minimum Gasteiger partial charge on any atom is -0.427 e. The van der Waals surface area contributed by atoms with Gasteiger partial charge < -0.3 is 9.72 Å². The van der Waals surface area contributed by atoms with Crippen LogP contribution in [0.1, 0.15) is 0 Å². The molecule has 0 saturated carbocycles. The molecule has 2 aromatic rings. The summed E-state index contributed by atoms with van der Waals surface area (Å²) in [6, 6.07) is 5.49. The van der Waals surface area contributed by atoms with E-state index in [0.29, 0.717) is 12.2 Å². The number of H-pyrrole nitrogens is 1. The Morgan fingerprint density at radius 1 is 1.38 bits per heavy atom. The van der Waals surface area contributed by atoms with Crippen LogP contribution in [0.5, 0.6) is 5.75 Å². The van der Waals surface area contributed by atoms with Gasteiger partial charge in [0.15, 0.2) is 5.75 Å². The van der Waals surface area contributed by atoms with Crippen molar-refractivity contribution in [1.29, 1.82) is 0 Å². The largest absolute Gasteiger partial charge is 0.427 e. The van der Waals surface area contributed by atoms with Gasteiger partial charge in [0.05, 0.1) is 5.52 Å². The summed E-state index contributed by atoms with van der Waals surface area (Å²) in [6.07, 6.45) is 1.80. The zero-order valence-electron chi connectivity index (χ0n) is 6.58. The van der Waals surface area contributed by atoms with Crippen molar-refractivity contribution in [2.45, 2.75) is 0 Å². The minimum absolute atomic E-state index is 0.420. The van der Waals surface area contributed by atoms with Crippen molar-refractivity contribution in [3.05, 3.63) is 28.9 Å². The van der Waals surface area contributed by atoms with Gasteiger partial charge in [0.1, 0.15) is 0 Å². The molecule has 0 aliphatic carbocycles. The van der Waals surface area contributed by atoms with Crippen LogP contribution in [0.15, 0.2) is 28.9 Å². The normalized spacial score (nSPS) is 10.2. The second-order valence-corrected chi connectivity index (χ2v) is 3.38. The molecule has 0 amide bonds. The summed E-state index contributed by atoms with van der Waals surface area (Å²) in [4.78, 5) is 13.2. The van der Waals surface area contributed by atoms with Crippen LogP contribution >= 0.6 is 15.9 Å². The van der Waals surface area contributed by atoms with E-state index in [9.17, 15) is 4.79 Å². The van der Waals surface area contributed by atoms with Crippen LogP contribution in [0.2, 0.25) is 0 Å². The molecule has 1 aromatic heterocycles. The van der Waals surface area contributed by atoms with Gasteiger partial charge in [-0.05, 0) is 18.2 Å². The van der Waals surface area contributed by atoms with Gasteiger partial charge in [-0.3, -0.25) is 4.79 Å². The van der Waals surface area contributed by atoms with E-state index in [1.165, 1.54) is 0 Å². The van der Waals surface area contributed by atoms with E-state index in [4.69, 9.17) is 4.74 Å². The quantitative estimate of drug-likeness (QED) is 0.819. The third kappa shape index (κ3) is 1.33. The molecule has 66 valence electrons. The van der Waals surface area contributed by atoms with Gasteiger partial charge in [-0.1, -0.05) is 15.9 Å². The maximum atomic E-state index is 10.2. The van der Waals surface area contributed by atoms with E-state index in [2.05, 4.69) is 20.9 Å². The Balaban J connectivity index is 2.70. The van der Waals surface area contributed by atoms with Crippen LogP contribution in [0.25, 0.3) is 10.9 Å². The van der Waals surface area contributed by atoms with Crippen molar-refractivity contribution in [2.24, 2.45) is 0 Å². The number of carbonyl (C=O) groups excluding carboxylic acids is 1. The molecular formula is C9H6BrNO2. The molecule has 0 saturated heterocycles. The second-order valence-electron chi connectivity index (χ2n) is 2.53. The standard InChI is InChI=1S/C9H6BrNO2/c10-7-1-2-8(13-5-12)9-6(7)3-4-11-9/h1-5,11H. The summed E-state index contributed by atoms with van der Waals surface area (Å²) in [7, 11) is 0. The van der Waals surface area contributed by atoms with Gasteiger partial charge in [-0.25, -0.2) is 0 Å². The Morgan fingerprint density at radius 3 is 3.00 bits per heavy atom. The van der Waals surface area contributed by atoms with Gasteiger partial charge in [-0.2, -0.15) is 0 Å². The minimum atomic E-state index is 0.420. The zero-order valence-corrected chi connectivity index (χ0v) is 8.17. The Bertz CT molecular complexity index is 450. The van der Waals surface area contributed by atoms with Crippen LogP contribution in [-0.2, 0) is 4.79 Å². The first-order valence-corrected chi connectivity index (χ1v) is 4.48. The second kappa shape index (κ2) is 3.22. The number of hydrogen-bond acceptors (Lipinski definition) is 2. The van der Waals surface area contributed by atoms with Gasteiger partial charge in [0, 0.05) is 16.1 Å². The van der Waals surface area contributed by atoms with E-state index in [-0.39, 0.29) is 0 Å². The van der Waals surface area contributed by atoms with Gasteiger partial charge in [0.25, 0.3) is 6.47 Å². The molecular weight excluding hydrogens is 234 g/mol. The van der Waals surface area contributed by atoms with Crippen LogP contribution < -0.4 is 4.74 Å². The first kappa shape index (κ1) is 8.31. The third-order valence-electron chi connectivity index (χ3n) is 1.81. The number of ether oxygens (including phenoxy) is 1. The topological polar surface area (TPSA) is 42.1 Å². The smallest absolute Gasteiger partial charge is 0.298 e. The molecule has 0 fully saturated rings. The molecule has 0 atom stereocenters. The zero-order chi connectivity index (χ0) is 9.26. The predicted molar refractivity (Wildman–Crippen MR) is 52.7 cm³/mol. The number of nitrogens with one attached hydrogen (secondary N) is 1. The average Bonchev–Trinajstić information content (AvgIpc) is 2.59. The molecule has 0 unspecified atom stereocenters. The van der Waals surface area contributed by atoms with Crippen LogP contribution in [0, 0.1) is 0 Å². The lowest BCUT2D eigenvalue weighted by molar-refractivity contribution is -0.120. The van der Waals surface area contributed by atoms with Crippen molar-refractivity contribution < 1.29 is 9.53 Å². The number of halogens is 1. The number of aromatic nitrogens is 1. The summed E-state index contributed by atoms with van der Waals surface area (Å²) in [5, 5.41) is 0.999.